The molecule has 2 aromatic heterocycles. The lowest BCUT2D eigenvalue weighted by atomic mass is 10.1. The third kappa shape index (κ3) is 5.77. The molecule has 1 aromatic carbocycles. The van der Waals surface area contributed by atoms with Gasteiger partial charge in [-0.05, 0) is 68.7 Å². The zero-order chi connectivity index (χ0) is 22.4. The molecule has 3 aromatic rings. The third-order valence-corrected chi connectivity index (χ3v) is 5.21. The molecular formula is C23H23ClN4O3. The van der Waals surface area contributed by atoms with Crippen LogP contribution in [-0.2, 0) is 11.3 Å². The molecule has 31 heavy (non-hydrogen) atoms. The zero-order valence-corrected chi connectivity index (χ0v) is 18.4. The number of hydrogen-bond acceptors (Lipinski definition) is 5. The van der Waals surface area contributed by atoms with Gasteiger partial charge in [0.05, 0.1) is 6.61 Å². The van der Waals surface area contributed by atoms with Crippen molar-refractivity contribution in [2.75, 3.05) is 11.9 Å². The Hall–Kier alpha value is -3.50. The Balaban J connectivity index is 1.59. The molecule has 3 rings (SSSR count). The number of rotatable bonds is 8. The highest BCUT2D eigenvalue weighted by atomic mass is 35.5. The van der Waals surface area contributed by atoms with E-state index in [1.54, 1.807) is 19.1 Å². The maximum atomic E-state index is 12.4. The SMILES string of the molecule is Cc1cc(NC(=O)/C(C#N)=C\c2cccn2CCCOc2cc(C)c(Cl)c(C)c2)no1. The second-order valence-electron chi connectivity index (χ2n) is 7.15. The molecule has 0 aliphatic heterocycles. The number of aryl methyl sites for hydroxylation is 4. The fourth-order valence-corrected chi connectivity index (χ4v) is 3.19. The maximum absolute atomic E-state index is 12.4. The topological polar surface area (TPSA) is 93.1 Å². The number of carbonyl (C=O) groups is 1. The standard InChI is InChI=1S/C23H23ClN4O3/c1-15-10-20(11-16(2)22(15)24)30-9-5-8-28-7-4-6-19(28)13-18(14-25)23(29)26-21-12-17(3)31-27-21/h4,6-7,10-13H,5,8-9H2,1-3H3,(H,26,27,29)/b18-13-. The number of nitriles is 1. The summed E-state index contributed by atoms with van der Waals surface area (Å²) in [6.07, 6.45) is 4.20. The van der Waals surface area contributed by atoms with Gasteiger partial charge in [-0.25, -0.2) is 0 Å². The number of hydrogen-bond donors (Lipinski definition) is 1. The Bertz CT molecular complexity index is 1130. The largest absolute Gasteiger partial charge is 0.494 e. The number of carbonyl (C=O) groups excluding carboxylic acids is 1. The normalized spacial score (nSPS) is 11.3. The minimum absolute atomic E-state index is 0.0241. The van der Waals surface area contributed by atoms with Crippen LogP contribution in [0.15, 0.2) is 46.6 Å². The van der Waals surface area contributed by atoms with Crippen molar-refractivity contribution in [1.29, 1.82) is 5.26 Å². The Morgan fingerprint density at radius 1 is 1.32 bits per heavy atom. The van der Waals surface area contributed by atoms with Crippen molar-refractivity contribution < 1.29 is 14.1 Å². The van der Waals surface area contributed by atoms with Crippen molar-refractivity contribution in [3.63, 3.8) is 0 Å². The third-order valence-electron chi connectivity index (χ3n) is 4.61. The summed E-state index contributed by atoms with van der Waals surface area (Å²) >= 11 is 6.19. The number of amides is 1. The Morgan fingerprint density at radius 3 is 2.71 bits per heavy atom. The highest BCUT2D eigenvalue weighted by molar-refractivity contribution is 6.32. The van der Waals surface area contributed by atoms with Gasteiger partial charge >= 0.3 is 0 Å². The number of anilines is 1. The molecule has 7 nitrogen and oxygen atoms in total. The summed E-state index contributed by atoms with van der Waals surface area (Å²) in [5.74, 6) is 1.08. The van der Waals surface area contributed by atoms with Crippen LogP contribution >= 0.6 is 11.6 Å². The van der Waals surface area contributed by atoms with E-state index in [1.165, 1.54) is 0 Å². The summed E-state index contributed by atoms with van der Waals surface area (Å²) < 4.78 is 12.7. The number of nitrogens with one attached hydrogen (secondary N) is 1. The van der Waals surface area contributed by atoms with Gasteiger partial charge in [-0.1, -0.05) is 16.8 Å². The van der Waals surface area contributed by atoms with Gasteiger partial charge in [0.15, 0.2) is 5.82 Å². The van der Waals surface area contributed by atoms with E-state index in [1.807, 2.05) is 54.9 Å². The Labute approximate surface area is 185 Å². The van der Waals surface area contributed by atoms with E-state index in [-0.39, 0.29) is 11.4 Å². The Morgan fingerprint density at radius 2 is 2.06 bits per heavy atom. The molecule has 0 atom stereocenters. The van der Waals surface area contributed by atoms with E-state index in [2.05, 4.69) is 10.5 Å². The smallest absolute Gasteiger partial charge is 0.267 e. The molecule has 0 saturated carbocycles. The number of halogens is 1. The molecule has 2 heterocycles. The van der Waals surface area contributed by atoms with Crippen LogP contribution in [0.1, 0.15) is 29.0 Å². The van der Waals surface area contributed by atoms with Gasteiger partial charge in [-0.15, -0.1) is 0 Å². The molecule has 0 fully saturated rings. The van der Waals surface area contributed by atoms with Crippen molar-refractivity contribution in [1.82, 2.24) is 9.72 Å². The van der Waals surface area contributed by atoms with Gasteiger partial charge in [0.1, 0.15) is 23.2 Å². The first-order valence-electron chi connectivity index (χ1n) is 9.78. The summed E-state index contributed by atoms with van der Waals surface area (Å²) in [5.41, 5.74) is 2.69. The lowest BCUT2D eigenvalue weighted by Gasteiger charge is -2.11. The van der Waals surface area contributed by atoms with Crippen molar-refractivity contribution in [2.24, 2.45) is 0 Å². The first-order chi connectivity index (χ1) is 14.9. The first-order valence-corrected chi connectivity index (χ1v) is 10.2. The predicted molar refractivity (Wildman–Crippen MR) is 119 cm³/mol. The number of nitrogens with zero attached hydrogens (tertiary/aromatic N) is 3. The molecule has 1 N–H and O–H groups in total. The van der Waals surface area contributed by atoms with Crippen molar-refractivity contribution >= 4 is 29.4 Å². The monoisotopic (exact) mass is 438 g/mol. The molecule has 0 aliphatic carbocycles. The fraction of sp³-hybridized carbons (Fsp3) is 0.261. The van der Waals surface area contributed by atoms with Crippen LogP contribution in [0.5, 0.6) is 5.75 Å². The fourth-order valence-electron chi connectivity index (χ4n) is 3.08. The minimum atomic E-state index is -0.541. The summed E-state index contributed by atoms with van der Waals surface area (Å²) in [5, 5.41) is 16.4. The van der Waals surface area contributed by atoms with E-state index in [4.69, 9.17) is 20.9 Å². The summed E-state index contributed by atoms with van der Waals surface area (Å²) in [6, 6.07) is 11.1. The van der Waals surface area contributed by atoms with E-state index in [0.717, 1.165) is 34.0 Å². The van der Waals surface area contributed by atoms with E-state index < -0.39 is 5.91 Å². The van der Waals surface area contributed by atoms with Crippen molar-refractivity contribution in [3.8, 4) is 11.8 Å². The highest BCUT2D eigenvalue weighted by Gasteiger charge is 2.13. The average molecular weight is 439 g/mol. The van der Waals surface area contributed by atoms with Crippen LogP contribution in [0.4, 0.5) is 5.82 Å². The van der Waals surface area contributed by atoms with Crippen molar-refractivity contribution in [2.45, 2.75) is 33.7 Å². The number of aromatic nitrogens is 2. The summed E-state index contributed by atoms with van der Waals surface area (Å²) in [4.78, 5) is 12.4. The molecule has 0 saturated heterocycles. The average Bonchev–Trinajstić information content (AvgIpc) is 3.35. The minimum Gasteiger partial charge on any atom is -0.494 e. The highest BCUT2D eigenvalue weighted by Crippen LogP contribution is 2.26. The van der Waals surface area contributed by atoms with Crippen LogP contribution in [0, 0.1) is 32.1 Å². The van der Waals surface area contributed by atoms with Crippen LogP contribution in [0.2, 0.25) is 5.02 Å². The quantitative estimate of drug-likeness (QED) is 0.301. The second kappa shape index (κ2) is 10.0. The van der Waals surface area contributed by atoms with Gasteiger partial charge in [-0.2, -0.15) is 5.26 Å². The van der Waals surface area contributed by atoms with Gasteiger partial charge in [0, 0.05) is 29.5 Å². The summed E-state index contributed by atoms with van der Waals surface area (Å²) in [7, 11) is 0. The molecule has 0 radical (unpaired) electrons. The van der Waals surface area contributed by atoms with Crippen LogP contribution < -0.4 is 10.1 Å². The maximum Gasteiger partial charge on any atom is 0.267 e. The predicted octanol–water partition coefficient (Wildman–Crippen LogP) is 5.07. The van der Waals surface area contributed by atoms with Crippen molar-refractivity contribution in [3.05, 3.63) is 69.7 Å². The van der Waals surface area contributed by atoms with E-state index in [0.29, 0.717) is 18.9 Å². The van der Waals surface area contributed by atoms with E-state index >= 15 is 0 Å². The molecule has 0 aliphatic rings. The molecular weight excluding hydrogens is 416 g/mol. The lowest BCUT2D eigenvalue weighted by Crippen LogP contribution is -2.14. The summed E-state index contributed by atoms with van der Waals surface area (Å²) in [6.45, 7) is 6.82. The first kappa shape index (κ1) is 22.2. The van der Waals surface area contributed by atoms with Crippen LogP contribution in [0.3, 0.4) is 0 Å². The van der Waals surface area contributed by atoms with Gasteiger partial charge in [-0.3, -0.25) is 4.79 Å². The van der Waals surface area contributed by atoms with Crippen LogP contribution in [0.25, 0.3) is 6.08 Å². The van der Waals surface area contributed by atoms with E-state index in [9.17, 15) is 10.1 Å². The Kier molecular flexibility index (Phi) is 7.16. The molecule has 0 bridgehead atoms. The lowest BCUT2D eigenvalue weighted by molar-refractivity contribution is -0.112. The molecule has 0 spiro atoms. The second-order valence-corrected chi connectivity index (χ2v) is 7.52. The molecule has 0 unspecified atom stereocenters. The van der Waals surface area contributed by atoms with Gasteiger partial charge in [0.2, 0.25) is 0 Å². The van der Waals surface area contributed by atoms with Gasteiger partial charge < -0.3 is 19.1 Å². The van der Waals surface area contributed by atoms with Gasteiger partial charge in [0.25, 0.3) is 5.91 Å². The molecule has 160 valence electrons. The zero-order valence-electron chi connectivity index (χ0n) is 17.6. The molecule has 1 amide bonds. The van der Waals surface area contributed by atoms with Crippen LogP contribution in [-0.4, -0.2) is 22.2 Å². The number of benzene rings is 1. The number of ether oxygens (including phenoxy) is 1. The molecule has 8 heteroatoms.